The number of hydrogen-bond donors (Lipinski definition) is 1. The molecule has 0 atom stereocenters. The summed E-state index contributed by atoms with van der Waals surface area (Å²) in [4.78, 5) is 15.8. The van der Waals surface area contributed by atoms with Crippen LogP contribution in [0.1, 0.15) is 23.0 Å². The molecule has 0 bridgehead atoms. The molecule has 0 radical (unpaired) electrons. The minimum absolute atomic E-state index is 0.222. The normalized spacial score (nSPS) is 10.6. The monoisotopic (exact) mass is 323 g/mol. The molecule has 0 aliphatic rings. The molecule has 6 nitrogen and oxygen atoms in total. The minimum Gasteiger partial charge on any atom is -0.497 e. The number of carbonyl (C=O) groups is 1. The molecule has 0 unspecified atom stereocenters. The van der Waals surface area contributed by atoms with Crippen molar-refractivity contribution in [3.63, 3.8) is 0 Å². The summed E-state index contributed by atoms with van der Waals surface area (Å²) < 4.78 is 6.85. The molecule has 2 aromatic heterocycles. The first-order valence-electron chi connectivity index (χ1n) is 7.55. The lowest BCUT2D eigenvalue weighted by atomic mass is 10.1. The Morgan fingerprint density at radius 2 is 1.83 bits per heavy atom. The maximum Gasteiger partial charge on any atom is 0.339 e. The molecule has 1 N–H and O–H groups in total. The fourth-order valence-corrected chi connectivity index (χ4v) is 2.65. The maximum absolute atomic E-state index is 11.8. The van der Waals surface area contributed by atoms with Gasteiger partial charge < -0.3 is 9.84 Å². The highest BCUT2D eigenvalue weighted by Gasteiger charge is 2.24. The third-order valence-electron chi connectivity index (χ3n) is 3.80. The van der Waals surface area contributed by atoms with Gasteiger partial charge in [-0.3, -0.25) is 4.98 Å². The van der Waals surface area contributed by atoms with Crippen molar-refractivity contribution in [1.29, 1.82) is 0 Å². The number of nitrogens with zero attached hydrogens (tertiary/aromatic N) is 3. The number of pyridine rings is 1. The van der Waals surface area contributed by atoms with Crippen molar-refractivity contribution in [2.24, 2.45) is 0 Å². The standard InChI is InChI=1S/C18H17N3O3/c1-3-15-16(18(22)23)17(12-8-10-19-11-9-12)20-21(15)13-4-6-14(24-2)7-5-13/h4-11H,3H2,1-2H3,(H,22,23). The maximum atomic E-state index is 11.8. The Hall–Kier alpha value is -3.15. The Kier molecular flexibility index (Phi) is 4.29. The van der Waals surface area contributed by atoms with Crippen LogP contribution in [0.4, 0.5) is 0 Å². The van der Waals surface area contributed by atoms with E-state index in [4.69, 9.17) is 4.74 Å². The second-order valence-electron chi connectivity index (χ2n) is 5.17. The zero-order valence-corrected chi connectivity index (χ0v) is 13.4. The predicted molar refractivity (Wildman–Crippen MR) is 89.7 cm³/mol. The van der Waals surface area contributed by atoms with Gasteiger partial charge in [0.15, 0.2) is 0 Å². The molecule has 6 heteroatoms. The van der Waals surface area contributed by atoms with Crippen molar-refractivity contribution >= 4 is 5.97 Å². The third-order valence-corrected chi connectivity index (χ3v) is 3.80. The minimum atomic E-state index is -0.988. The van der Waals surface area contributed by atoms with Gasteiger partial charge >= 0.3 is 5.97 Å². The van der Waals surface area contributed by atoms with E-state index < -0.39 is 5.97 Å². The average Bonchev–Trinajstić information content (AvgIpc) is 3.02. The lowest BCUT2D eigenvalue weighted by Crippen LogP contribution is -2.05. The van der Waals surface area contributed by atoms with Crippen molar-refractivity contribution < 1.29 is 14.6 Å². The Morgan fingerprint density at radius 3 is 2.38 bits per heavy atom. The summed E-state index contributed by atoms with van der Waals surface area (Å²) in [6.45, 7) is 1.92. The van der Waals surface area contributed by atoms with Crippen molar-refractivity contribution in [1.82, 2.24) is 14.8 Å². The Balaban J connectivity index is 2.21. The van der Waals surface area contributed by atoms with Gasteiger partial charge in [0.05, 0.1) is 18.5 Å². The zero-order valence-electron chi connectivity index (χ0n) is 13.4. The molecule has 0 saturated heterocycles. The van der Waals surface area contributed by atoms with Crippen molar-refractivity contribution in [2.45, 2.75) is 13.3 Å². The van der Waals surface area contributed by atoms with Crippen LogP contribution in [0.2, 0.25) is 0 Å². The van der Waals surface area contributed by atoms with E-state index in [-0.39, 0.29) is 5.56 Å². The number of benzene rings is 1. The Morgan fingerprint density at radius 1 is 1.17 bits per heavy atom. The van der Waals surface area contributed by atoms with Crippen LogP contribution in [0, 0.1) is 0 Å². The molecule has 0 aliphatic carbocycles. The van der Waals surface area contributed by atoms with Gasteiger partial charge in [-0.05, 0) is 42.8 Å². The van der Waals surface area contributed by atoms with Crippen LogP contribution >= 0.6 is 0 Å². The second-order valence-corrected chi connectivity index (χ2v) is 5.17. The summed E-state index contributed by atoms with van der Waals surface area (Å²) in [7, 11) is 1.60. The van der Waals surface area contributed by atoms with Gasteiger partial charge in [-0.1, -0.05) is 6.92 Å². The fourth-order valence-electron chi connectivity index (χ4n) is 2.65. The highest BCUT2D eigenvalue weighted by molar-refractivity contribution is 5.96. The second kappa shape index (κ2) is 6.54. The molecule has 3 aromatic rings. The van der Waals surface area contributed by atoms with Gasteiger partial charge in [-0.25, -0.2) is 9.48 Å². The molecule has 0 spiro atoms. The van der Waals surface area contributed by atoms with Gasteiger partial charge in [0.1, 0.15) is 17.0 Å². The van der Waals surface area contributed by atoms with E-state index in [9.17, 15) is 9.90 Å². The smallest absolute Gasteiger partial charge is 0.339 e. The number of aromatic nitrogens is 3. The van der Waals surface area contributed by atoms with Crippen LogP contribution in [-0.4, -0.2) is 33.0 Å². The van der Waals surface area contributed by atoms with E-state index in [1.54, 1.807) is 36.3 Å². The fraction of sp³-hybridized carbons (Fsp3) is 0.167. The first-order valence-corrected chi connectivity index (χ1v) is 7.55. The van der Waals surface area contributed by atoms with E-state index in [0.29, 0.717) is 17.8 Å². The number of ether oxygens (including phenoxy) is 1. The number of methoxy groups -OCH3 is 1. The molecule has 0 fully saturated rings. The van der Waals surface area contributed by atoms with Gasteiger partial charge in [0, 0.05) is 18.0 Å². The topological polar surface area (TPSA) is 77.2 Å². The van der Waals surface area contributed by atoms with E-state index in [0.717, 1.165) is 17.0 Å². The van der Waals surface area contributed by atoms with Crippen LogP contribution < -0.4 is 4.74 Å². The number of rotatable bonds is 5. The summed E-state index contributed by atoms with van der Waals surface area (Å²) in [5, 5.41) is 14.3. The van der Waals surface area contributed by atoms with Gasteiger partial charge in [-0.15, -0.1) is 0 Å². The number of aromatic carboxylic acids is 1. The Bertz CT molecular complexity index is 855. The molecule has 1 aromatic carbocycles. The number of carboxylic acids is 1. The number of carboxylic acid groups (broad SMARTS) is 1. The molecule has 3 rings (SSSR count). The van der Waals surface area contributed by atoms with Gasteiger partial charge in [-0.2, -0.15) is 5.10 Å². The van der Waals surface area contributed by atoms with Crippen LogP contribution in [0.3, 0.4) is 0 Å². The Labute approximate surface area is 139 Å². The lowest BCUT2D eigenvalue weighted by molar-refractivity contribution is 0.0696. The SMILES string of the molecule is CCc1c(C(=O)O)c(-c2ccncc2)nn1-c1ccc(OC)cc1. The summed E-state index contributed by atoms with van der Waals surface area (Å²) in [6.07, 6.45) is 3.80. The van der Waals surface area contributed by atoms with Crippen LogP contribution in [0.25, 0.3) is 16.9 Å². The van der Waals surface area contributed by atoms with Gasteiger partial charge in [0.2, 0.25) is 0 Å². The van der Waals surface area contributed by atoms with Crippen molar-refractivity contribution in [3.8, 4) is 22.7 Å². The third kappa shape index (κ3) is 2.74. The number of hydrogen-bond acceptors (Lipinski definition) is 4. The predicted octanol–water partition coefficient (Wildman–Crippen LogP) is 3.20. The van der Waals surface area contributed by atoms with E-state index in [1.165, 1.54) is 0 Å². The van der Waals surface area contributed by atoms with Crippen LogP contribution in [0.15, 0.2) is 48.8 Å². The van der Waals surface area contributed by atoms with E-state index in [1.807, 2.05) is 31.2 Å². The first-order chi connectivity index (χ1) is 11.7. The quantitative estimate of drug-likeness (QED) is 0.780. The summed E-state index contributed by atoms with van der Waals surface area (Å²) in [5.74, 6) is -0.254. The molecule has 0 amide bonds. The average molecular weight is 323 g/mol. The summed E-state index contributed by atoms with van der Waals surface area (Å²) >= 11 is 0. The molecular formula is C18H17N3O3. The zero-order chi connectivity index (χ0) is 17.1. The molecule has 24 heavy (non-hydrogen) atoms. The highest BCUT2D eigenvalue weighted by atomic mass is 16.5. The summed E-state index contributed by atoms with van der Waals surface area (Å²) in [6, 6.07) is 10.9. The van der Waals surface area contributed by atoms with Crippen LogP contribution in [0.5, 0.6) is 5.75 Å². The summed E-state index contributed by atoms with van der Waals surface area (Å²) in [5.41, 5.74) is 2.83. The largest absolute Gasteiger partial charge is 0.497 e. The van der Waals surface area contributed by atoms with Crippen LogP contribution in [-0.2, 0) is 6.42 Å². The first kappa shape index (κ1) is 15.7. The molecule has 0 saturated carbocycles. The van der Waals surface area contributed by atoms with Gasteiger partial charge in [0.25, 0.3) is 0 Å². The lowest BCUT2D eigenvalue weighted by Gasteiger charge is -2.07. The van der Waals surface area contributed by atoms with E-state index in [2.05, 4.69) is 10.1 Å². The van der Waals surface area contributed by atoms with E-state index >= 15 is 0 Å². The highest BCUT2D eigenvalue weighted by Crippen LogP contribution is 2.28. The molecule has 122 valence electrons. The molecule has 2 heterocycles. The van der Waals surface area contributed by atoms with Crippen molar-refractivity contribution in [3.05, 3.63) is 60.0 Å². The van der Waals surface area contributed by atoms with Crippen molar-refractivity contribution in [2.75, 3.05) is 7.11 Å². The molecular weight excluding hydrogens is 306 g/mol. The molecule has 0 aliphatic heterocycles.